The van der Waals surface area contributed by atoms with Gasteiger partial charge in [-0.25, -0.2) is 4.79 Å². The molecular formula is C9H10N2O2. The van der Waals surface area contributed by atoms with Crippen LogP contribution in [-0.2, 0) is 6.42 Å². The maximum absolute atomic E-state index is 11.5. The minimum atomic E-state index is -0.356. The standard InChI is InChI=1S/C9H10N2O2/c1-5-8-6(11-9(13)10-5)3-2-4-7(8)12/h2-4H2,1H3,(H,10,11,13). The molecule has 1 heterocycles. The van der Waals surface area contributed by atoms with Crippen molar-refractivity contribution in [3.05, 3.63) is 27.4 Å². The van der Waals surface area contributed by atoms with Gasteiger partial charge in [0.25, 0.3) is 0 Å². The summed E-state index contributed by atoms with van der Waals surface area (Å²) in [5.41, 5.74) is 1.59. The Balaban J connectivity index is 2.70. The van der Waals surface area contributed by atoms with E-state index in [0.717, 1.165) is 12.8 Å². The van der Waals surface area contributed by atoms with Gasteiger partial charge in [-0.15, -0.1) is 0 Å². The molecule has 0 aromatic carbocycles. The SMILES string of the molecule is Cc1[nH]c(=O)nc2c1C(=O)CCC2. The number of nitrogens with zero attached hydrogens (tertiary/aromatic N) is 1. The van der Waals surface area contributed by atoms with Crippen LogP contribution in [0, 0.1) is 6.92 Å². The molecule has 0 fully saturated rings. The van der Waals surface area contributed by atoms with Gasteiger partial charge in [-0.2, -0.15) is 4.98 Å². The van der Waals surface area contributed by atoms with Crippen molar-refractivity contribution in [2.45, 2.75) is 26.2 Å². The summed E-state index contributed by atoms with van der Waals surface area (Å²) < 4.78 is 0. The molecule has 0 saturated heterocycles. The summed E-state index contributed by atoms with van der Waals surface area (Å²) in [4.78, 5) is 28.8. The van der Waals surface area contributed by atoms with Gasteiger partial charge >= 0.3 is 5.69 Å². The Hall–Kier alpha value is -1.45. The van der Waals surface area contributed by atoms with Crippen molar-refractivity contribution in [2.75, 3.05) is 0 Å². The van der Waals surface area contributed by atoms with Gasteiger partial charge in [0.05, 0.1) is 11.3 Å². The summed E-state index contributed by atoms with van der Waals surface area (Å²) in [6, 6.07) is 0. The van der Waals surface area contributed by atoms with Crippen LogP contribution in [-0.4, -0.2) is 15.8 Å². The molecule has 1 aliphatic rings. The molecule has 13 heavy (non-hydrogen) atoms. The molecule has 4 heteroatoms. The fourth-order valence-electron chi connectivity index (χ4n) is 1.74. The molecule has 1 N–H and O–H groups in total. The predicted octanol–water partition coefficient (Wildman–Crippen LogP) is 0.597. The first-order chi connectivity index (χ1) is 6.18. The quantitative estimate of drug-likeness (QED) is 0.632. The second kappa shape index (κ2) is 2.80. The van der Waals surface area contributed by atoms with E-state index < -0.39 is 0 Å². The highest BCUT2D eigenvalue weighted by molar-refractivity contribution is 5.98. The van der Waals surface area contributed by atoms with Crippen molar-refractivity contribution in [2.24, 2.45) is 0 Å². The minimum Gasteiger partial charge on any atom is -0.309 e. The average Bonchev–Trinajstić information content (AvgIpc) is 2.02. The number of ketones is 1. The number of carbonyl (C=O) groups is 1. The normalized spacial score (nSPS) is 15.6. The van der Waals surface area contributed by atoms with Gasteiger partial charge in [-0.05, 0) is 19.8 Å². The molecule has 1 aromatic heterocycles. The van der Waals surface area contributed by atoms with Crippen LogP contribution in [0.4, 0.5) is 0 Å². The number of hydrogen-bond acceptors (Lipinski definition) is 3. The van der Waals surface area contributed by atoms with E-state index in [1.165, 1.54) is 0 Å². The van der Waals surface area contributed by atoms with Gasteiger partial charge in [-0.1, -0.05) is 0 Å². The summed E-state index contributed by atoms with van der Waals surface area (Å²) in [7, 11) is 0. The maximum atomic E-state index is 11.5. The smallest absolute Gasteiger partial charge is 0.309 e. The van der Waals surface area contributed by atoms with Crippen molar-refractivity contribution < 1.29 is 4.79 Å². The maximum Gasteiger partial charge on any atom is 0.345 e. The third-order valence-electron chi connectivity index (χ3n) is 2.29. The Labute approximate surface area is 75.0 Å². The lowest BCUT2D eigenvalue weighted by molar-refractivity contribution is 0.0970. The first kappa shape index (κ1) is 8.16. The summed E-state index contributed by atoms with van der Waals surface area (Å²) in [5, 5.41) is 0. The number of rotatable bonds is 0. The molecular weight excluding hydrogens is 168 g/mol. The number of Topliss-reactive ketones (excluding diaryl/α,β-unsaturated/α-hetero) is 1. The van der Waals surface area contributed by atoms with Crippen molar-refractivity contribution in [3.63, 3.8) is 0 Å². The number of aromatic nitrogens is 2. The van der Waals surface area contributed by atoms with E-state index in [9.17, 15) is 9.59 Å². The zero-order valence-electron chi connectivity index (χ0n) is 7.39. The van der Waals surface area contributed by atoms with Crippen molar-refractivity contribution in [1.82, 2.24) is 9.97 Å². The van der Waals surface area contributed by atoms with Crippen LogP contribution < -0.4 is 5.69 Å². The Bertz CT molecular complexity index is 420. The van der Waals surface area contributed by atoms with Crippen molar-refractivity contribution >= 4 is 5.78 Å². The lowest BCUT2D eigenvalue weighted by Gasteiger charge is -2.14. The first-order valence-corrected chi connectivity index (χ1v) is 4.31. The molecule has 0 atom stereocenters. The van der Waals surface area contributed by atoms with E-state index in [2.05, 4.69) is 9.97 Å². The zero-order chi connectivity index (χ0) is 9.42. The number of H-pyrrole nitrogens is 1. The second-order valence-corrected chi connectivity index (χ2v) is 3.27. The Kier molecular flexibility index (Phi) is 1.76. The van der Waals surface area contributed by atoms with Crippen LogP contribution in [0.25, 0.3) is 0 Å². The van der Waals surface area contributed by atoms with Crippen LogP contribution >= 0.6 is 0 Å². The van der Waals surface area contributed by atoms with Crippen molar-refractivity contribution in [3.8, 4) is 0 Å². The van der Waals surface area contributed by atoms with Crippen LogP contribution in [0.15, 0.2) is 4.79 Å². The van der Waals surface area contributed by atoms with Gasteiger partial charge in [0.2, 0.25) is 0 Å². The predicted molar refractivity (Wildman–Crippen MR) is 46.9 cm³/mol. The molecule has 2 rings (SSSR count). The number of nitrogens with one attached hydrogen (secondary N) is 1. The van der Waals surface area contributed by atoms with Crippen LogP contribution in [0.3, 0.4) is 0 Å². The Morgan fingerprint density at radius 1 is 1.31 bits per heavy atom. The molecule has 4 nitrogen and oxygen atoms in total. The Morgan fingerprint density at radius 2 is 2.08 bits per heavy atom. The zero-order valence-corrected chi connectivity index (χ0v) is 7.39. The third kappa shape index (κ3) is 1.28. The number of carbonyl (C=O) groups excluding carboxylic acids is 1. The number of aromatic amines is 1. The summed E-state index contributed by atoms with van der Waals surface area (Å²) in [6.07, 6.45) is 2.12. The Morgan fingerprint density at radius 3 is 2.85 bits per heavy atom. The van der Waals surface area contributed by atoms with E-state index >= 15 is 0 Å². The largest absolute Gasteiger partial charge is 0.345 e. The highest BCUT2D eigenvalue weighted by atomic mass is 16.1. The van der Waals surface area contributed by atoms with Crippen LogP contribution in [0.2, 0.25) is 0 Å². The topological polar surface area (TPSA) is 62.8 Å². The molecule has 0 amide bonds. The molecule has 0 radical (unpaired) electrons. The van der Waals surface area contributed by atoms with Gasteiger partial charge in [0.1, 0.15) is 0 Å². The molecule has 0 unspecified atom stereocenters. The van der Waals surface area contributed by atoms with Crippen LogP contribution in [0.5, 0.6) is 0 Å². The molecule has 0 aliphatic heterocycles. The number of aryl methyl sites for hydroxylation is 2. The fourth-order valence-corrected chi connectivity index (χ4v) is 1.74. The summed E-state index contributed by atoms with van der Waals surface area (Å²) in [5.74, 6) is 0.0995. The van der Waals surface area contributed by atoms with Gasteiger partial charge in [0, 0.05) is 12.1 Å². The molecule has 1 aromatic rings. The van der Waals surface area contributed by atoms with Crippen molar-refractivity contribution in [1.29, 1.82) is 0 Å². The highest BCUT2D eigenvalue weighted by Gasteiger charge is 2.20. The third-order valence-corrected chi connectivity index (χ3v) is 2.29. The number of fused-ring (bicyclic) bond motifs is 1. The van der Waals surface area contributed by atoms with Gasteiger partial charge in [0.15, 0.2) is 5.78 Å². The van der Waals surface area contributed by atoms with E-state index in [0.29, 0.717) is 23.4 Å². The molecule has 68 valence electrons. The van der Waals surface area contributed by atoms with Crippen LogP contribution in [0.1, 0.15) is 34.6 Å². The van der Waals surface area contributed by atoms with E-state index in [1.54, 1.807) is 6.92 Å². The molecule has 0 spiro atoms. The van der Waals surface area contributed by atoms with Gasteiger partial charge < -0.3 is 4.98 Å². The fraction of sp³-hybridized carbons (Fsp3) is 0.444. The molecule has 0 bridgehead atoms. The highest BCUT2D eigenvalue weighted by Crippen LogP contribution is 2.19. The lowest BCUT2D eigenvalue weighted by atomic mass is 9.94. The second-order valence-electron chi connectivity index (χ2n) is 3.27. The number of hydrogen-bond donors (Lipinski definition) is 1. The van der Waals surface area contributed by atoms with E-state index in [4.69, 9.17) is 0 Å². The first-order valence-electron chi connectivity index (χ1n) is 4.31. The van der Waals surface area contributed by atoms with E-state index in [-0.39, 0.29) is 11.5 Å². The van der Waals surface area contributed by atoms with Gasteiger partial charge in [-0.3, -0.25) is 4.79 Å². The molecule has 0 saturated carbocycles. The molecule has 1 aliphatic carbocycles. The summed E-state index contributed by atoms with van der Waals surface area (Å²) in [6.45, 7) is 1.74. The van der Waals surface area contributed by atoms with E-state index in [1.807, 2.05) is 0 Å². The monoisotopic (exact) mass is 178 g/mol. The average molecular weight is 178 g/mol. The lowest BCUT2D eigenvalue weighted by Crippen LogP contribution is -2.23. The minimum absolute atomic E-state index is 0.0995. The summed E-state index contributed by atoms with van der Waals surface area (Å²) >= 11 is 0.